The molecule has 3 rings (SSSR count). The molecule has 0 aromatic heterocycles. The largest absolute Gasteiger partial charge is 0.444 e. The second-order valence-electron chi connectivity index (χ2n) is 10.9. The topological polar surface area (TPSA) is 105 Å². The van der Waals surface area contributed by atoms with E-state index in [0.29, 0.717) is 18.7 Å². The highest BCUT2D eigenvalue weighted by Crippen LogP contribution is 2.33. The van der Waals surface area contributed by atoms with Crippen LogP contribution in [-0.4, -0.2) is 49.0 Å². The lowest BCUT2D eigenvalue weighted by atomic mass is 9.96. The third kappa shape index (κ3) is 7.29. The Bertz CT molecular complexity index is 1150. The van der Waals surface area contributed by atoms with Crippen LogP contribution in [0.15, 0.2) is 59.5 Å². The second-order valence-corrected chi connectivity index (χ2v) is 12.5. The van der Waals surface area contributed by atoms with Crippen LogP contribution >= 0.6 is 0 Å². The van der Waals surface area contributed by atoms with Gasteiger partial charge >= 0.3 is 6.09 Å². The lowest BCUT2D eigenvalue weighted by Crippen LogP contribution is -2.45. The number of likely N-dealkylation sites (tertiary alicyclic amines) is 1. The molecule has 9 heteroatoms. The highest BCUT2D eigenvalue weighted by atomic mass is 32.2. The van der Waals surface area contributed by atoms with E-state index in [1.165, 1.54) is 29.2 Å². The summed E-state index contributed by atoms with van der Waals surface area (Å²) in [6.07, 6.45) is -0.0809. The molecular weight excluding hydrogens is 466 g/mol. The van der Waals surface area contributed by atoms with E-state index >= 15 is 0 Å². The van der Waals surface area contributed by atoms with Gasteiger partial charge < -0.3 is 10.1 Å². The zero-order valence-electron chi connectivity index (χ0n) is 21.2. The van der Waals surface area contributed by atoms with Gasteiger partial charge in [-0.05, 0) is 77.8 Å². The van der Waals surface area contributed by atoms with Crippen molar-refractivity contribution in [3.8, 4) is 0 Å². The highest BCUT2D eigenvalue weighted by Gasteiger charge is 2.42. The van der Waals surface area contributed by atoms with E-state index in [-0.39, 0.29) is 16.7 Å². The van der Waals surface area contributed by atoms with Crippen molar-refractivity contribution in [1.82, 2.24) is 9.62 Å². The minimum Gasteiger partial charge on any atom is -0.444 e. The molecule has 0 aliphatic carbocycles. The van der Waals surface area contributed by atoms with Crippen LogP contribution < -0.4 is 10.0 Å². The quantitative estimate of drug-likeness (QED) is 0.628. The number of carbonyl (C=O) groups excluding carboxylic acids is 2. The van der Waals surface area contributed by atoms with Crippen molar-refractivity contribution in [2.75, 3.05) is 11.9 Å². The Morgan fingerprint density at radius 1 is 0.943 bits per heavy atom. The molecule has 1 fully saturated rings. The van der Waals surface area contributed by atoms with Crippen LogP contribution in [0.3, 0.4) is 0 Å². The molecule has 2 N–H and O–H groups in total. The zero-order valence-corrected chi connectivity index (χ0v) is 22.0. The molecule has 0 radical (unpaired) electrons. The summed E-state index contributed by atoms with van der Waals surface area (Å²) in [5.74, 6) is -0.354. The van der Waals surface area contributed by atoms with Gasteiger partial charge in [-0.3, -0.25) is 9.69 Å². The van der Waals surface area contributed by atoms with Gasteiger partial charge in [0.15, 0.2) is 0 Å². The van der Waals surface area contributed by atoms with Crippen LogP contribution in [0.25, 0.3) is 0 Å². The summed E-state index contributed by atoms with van der Waals surface area (Å²) in [6.45, 7) is 11.0. The van der Waals surface area contributed by atoms with Crippen LogP contribution in [0, 0.1) is 0 Å². The summed E-state index contributed by atoms with van der Waals surface area (Å²) in [5.41, 5.74) is 0.189. The maximum absolute atomic E-state index is 13.3. The minimum atomic E-state index is -3.69. The fourth-order valence-corrected chi connectivity index (χ4v) is 5.40. The maximum Gasteiger partial charge on any atom is 0.410 e. The van der Waals surface area contributed by atoms with Crippen molar-refractivity contribution in [3.63, 3.8) is 0 Å². The Morgan fingerprint density at radius 2 is 1.54 bits per heavy atom. The van der Waals surface area contributed by atoms with Gasteiger partial charge in [0.2, 0.25) is 15.9 Å². The van der Waals surface area contributed by atoms with E-state index in [1.807, 2.05) is 30.3 Å². The number of hydrogen-bond acceptors (Lipinski definition) is 5. The first-order valence-corrected chi connectivity index (χ1v) is 13.1. The van der Waals surface area contributed by atoms with Crippen LogP contribution in [-0.2, 0) is 19.6 Å². The summed E-state index contributed by atoms with van der Waals surface area (Å²) < 4.78 is 33.2. The molecule has 0 spiro atoms. The van der Waals surface area contributed by atoms with Crippen molar-refractivity contribution in [2.45, 2.75) is 76.0 Å². The third-order valence-electron chi connectivity index (χ3n) is 5.38. The predicted octanol–water partition coefficient (Wildman–Crippen LogP) is 4.50. The number of sulfonamides is 1. The summed E-state index contributed by atoms with van der Waals surface area (Å²) in [7, 11) is -3.69. The molecule has 2 atom stereocenters. The fraction of sp³-hybridized carbons (Fsp3) is 0.462. The zero-order chi connectivity index (χ0) is 26.0. The molecule has 2 aromatic rings. The van der Waals surface area contributed by atoms with Gasteiger partial charge in [0, 0.05) is 23.7 Å². The molecule has 1 saturated heterocycles. The number of benzene rings is 2. The first-order chi connectivity index (χ1) is 16.1. The van der Waals surface area contributed by atoms with Crippen LogP contribution in [0.1, 0.15) is 59.4 Å². The molecule has 0 bridgehead atoms. The van der Waals surface area contributed by atoms with Crippen molar-refractivity contribution in [2.24, 2.45) is 0 Å². The Morgan fingerprint density at radius 3 is 2.09 bits per heavy atom. The first-order valence-electron chi connectivity index (χ1n) is 11.6. The number of amides is 2. The van der Waals surface area contributed by atoms with E-state index in [2.05, 4.69) is 10.0 Å². The van der Waals surface area contributed by atoms with Gasteiger partial charge in [0.1, 0.15) is 11.6 Å². The molecular formula is C26H35N3O5S. The van der Waals surface area contributed by atoms with E-state index in [0.717, 1.165) is 5.56 Å². The monoisotopic (exact) mass is 501 g/mol. The standard InChI is InChI=1S/C26H35N3O5S/c1-25(2,3)28-35(32,33)21-14-12-20(13-15-21)27-23(30)22-16-19(18-10-8-7-9-11-18)17-29(22)24(31)34-26(4,5)6/h7-15,19,22,28H,16-17H2,1-6H3,(H,27,30)/t19-,22+/m1/s1. The maximum atomic E-state index is 13.3. The number of rotatable bonds is 5. The van der Waals surface area contributed by atoms with Crippen molar-refractivity contribution >= 4 is 27.7 Å². The first kappa shape index (κ1) is 26.7. The minimum absolute atomic E-state index is 0.00420. The summed E-state index contributed by atoms with van der Waals surface area (Å²) in [6, 6.07) is 15.0. The van der Waals surface area contributed by atoms with Gasteiger partial charge in [-0.1, -0.05) is 30.3 Å². The SMILES string of the molecule is CC(C)(C)NS(=O)(=O)c1ccc(NC(=O)[C@@H]2C[C@@H](c3ccccc3)CN2C(=O)OC(C)(C)C)cc1. The molecule has 8 nitrogen and oxygen atoms in total. The van der Waals surface area contributed by atoms with Crippen LogP contribution in [0.5, 0.6) is 0 Å². The number of anilines is 1. The van der Waals surface area contributed by atoms with Gasteiger partial charge in [-0.15, -0.1) is 0 Å². The molecule has 1 aliphatic rings. The molecule has 0 unspecified atom stereocenters. The van der Waals surface area contributed by atoms with Gasteiger partial charge in [0.25, 0.3) is 0 Å². The van der Waals surface area contributed by atoms with Crippen molar-refractivity contribution in [1.29, 1.82) is 0 Å². The van der Waals surface area contributed by atoms with E-state index in [1.54, 1.807) is 41.5 Å². The van der Waals surface area contributed by atoms with Crippen molar-refractivity contribution in [3.05, 3.63) is 60.2 Å². The molecule has 2 amide bonds. The van der Waals surface area contributed by atoms with Crippen LogP contribution in [0.2, 0.25) is 0 Å². The Labute approximate surface area is 208 Å². The fourth-order valence-electron chi connectivity index (χ4n) is 3.98. The average molecular weight is 502 g/mol. The van der Waals surface area contributed by atoms with Crippen LogP contribution in [0.4, 0.5) is 10.5 Å². The Hall–Kier alpha value is -2.91. The Balaban J connectivity index is 1.78. The van der Waals surface area contributed by atoms with E-state index in [9.17, 15) is 18.0 Å². The molecule has 1 heterocycles. The summed E-state index contributed by atoms with van der Waals surface area (Å²) in [4.78, 5) is 27.8. The molecule has 1 aliphatic heterocycles. The lowest BCUT2D eigenvalue weighted by molar-refractivity contribution is -0.120. The predicted molar refractivity (Wildman–Crippen MR) is 136 cm³/mol. The third-order valence-corrected chi connectivity index (χ3v) is 7.15. The average Bonchev–Trinajstić information content (AvgIpc) is 3.18. The summed E-state index contributed by atoms with van der Waals surface area (Å²) >= 11 is 0. The molecule has 2 aromatic carbocycles. The second kappa shape index (κ2) is 9.99. The van der Waals surface area contributed by atoms with Gasteiger partial charge in [-0.2, -0.15) is 0 Å². The molecule has 0 saturated carbocycles. The highest BCUT2D eigenvalue weighted by molar-refractivity contribution is 7.89. The molecule has 35 heavy (non-hydrogen) atoms. The van der Waals surface area contributed by atoms with Crippen molar-refractivity contribution < 1.29 is 22.7 Å². The van der Waals surface area contributed by atoms with Gasteiger partial charge in [-0.25, -0.2) is 17.9 Å². The van der Waals surface area contributed by atoms with Gasteiger partial charge in [0.05, 0.1) is 4.90 Å². The number of ether oxygens (including phenoxy) is 1. The lowest BCUT2D eigenvalue weighted by Gasteiger charge is -2.28. The number of nitrogens with one attached hydrogen (secondary N) is 2. The smallest absolute Gasteiger partial charge is 0.410 e. The number of nitrogens with zero attached hydrogens (tertiary/aromatic N) is 1. The van der Waals surface area contributed by atoms with E-state index < -0.39 is 33.3 Å². The normalized spacial score (nSPS) is 18.9. The number of hydrogen-bond donors (Lipinski definition) is 2. The Kier molecular flexibility index (Phi) is 7.62. The van der Waals surface area contributed by atoms with E-state index in [4.69, 9.17) is 4.74 Å². The number of carbonyl (C=O) groups is 2. The molecule has 190 valence electrons. The summed E-state index contributed by atoms with van der Waals surface area (Å²) in [5, 5.41) is 2.83.